The van der Waals surface area contributed by atoms with Gasteiger partial charge >= 0.3 is 0 Å². The molecule has 3 unspecified atom stereocenters. The van der Waals surface area contributed by atoms with Gasteiger partial charge in [-0.1, -0.05) is 6.92 Å². The number of carbonyl (C=O) groups is 1. The van der Waals surface area contributed by atoms with Gasteiger partial charge in [0.2, 0.25) is 0 Å². The molecule has 7 nitrogen and oxygen atoms in total. The van der Waals surface area contributed by atoms with Crippen molar-refractivity contribution in [2.24, 2.45) is 28.5 Å². The Bertz CT molecular complexity index is 1480. The van der Waals surface area contributed by atoms with Crippen LogP contribution in [0.3, 0.4) is 0 Å². The van der Waals surface area contributed by atoms with Gasteiger partial charge in [-0.15, -0.1) is 0 Å². The summed E-state index contributed by atoms with van der Waals surface area (Å²) in [5, 5.41) is 1.15. The molecule has 42 heavy (non-hydrogen) atoms. The van der Waals surface area contributed by atoms with Crippen molar-refractivity contribution >= 4 is 28.2 Å². The van der Waals surface area contributed by atoms with E-state index in [4.69, 9.17) is 25.2 Å². The summed E-state index contributed by atoms with van der Waals surface area (Å²) in [6.07, 6.45) is 8.18. The monoisotopic (exact) mass is 570 g/mol. The minimum atomic E-state index is 0.127. The molecule has 1 aliphatic heterocycles. The Morgan fingerprint density at radius 1 is 1.12 bits per heavy atom. The molecule has 6 rings (SSSR count). The highest BCUT2D eigenvalue weighted by atomic mass is 16.5. The maximum Gasteiger partial charge on any atom is 0.163 e. The van der Waals surface area contributed by atoms with E-state index in [9.17, 15) is 4.79 Å². The van der Waals surface area contributed by atoms with Crippen LogP contribution in [0, 0.1) is 24.7 Å². The molecule has 2 N–H and O–H groups in total. The highest BCUT2D eigenvalue weighted by Crippen LogP contribution is 2.37. The Morgan fingerprint density at radius 2 is 1.90 bits per heavy atom. The number of carbonyl (C=O) groups excluding carboxylic acids is 1. The maximum absolute atomic E-state index is 13.4. The van der Waals surface area contributed by atoms with Crippen molar-refractivity contribution in [3.8, 4) is 5.75 Å². The number of hydrogen-bond donors (Lipinski definition) is 1. The van der Waals surface area contributed by atoms with E-state index in [0.29, 0.717) is 41.4 Å². The summed E-state index contributed by atoms with van der Waals surface area (Å²) in [4.78, 5) is 23.7. The van der Waals surface area contributed by atoms with Crippen molar-refractivity contribution in [2.45, 2.75) is 90.6 Å². The minimum Gasteiger partial charge on any atom is -0.496 e. The molecular weight excluding hydrogens is 524 g/mol. The van der Waals surface area contributed by atoms with Gasteiger partial charge in [0.25, 0.3) is 0 Å². The summed E-state index contributed by atoms with van der Waals surface area (Å²) >= 11 is 0. The molecule has 2 saturated carbocycles. The number of ether oxygens (including phenoxy) is 2. The number of aromatic nitrogens is 2. The second-order valence-corrected chi connectivity index (χ2v) is 13.0. The van der Waals surface area contributed by atoms with Gasteiger partial charge in [-0.2, -0.15) is 0 Å². The zero-order chi connectivity index (χ0) is 29.4. The standard InChI is InChI=1S/C35H46N4O3/c1-21-5-8-26(34(21)36)10-12-32(40)28-17-30(22(2)33(19-28)41-4)37-23(3)31-18-27-9-11-29(25-13-15-42-16-14-25)38-35(27)39(31)20-24-6-7-24/h9,11,17-19,21,24-26,34H,5-8,10,12-16,20,36H2,1-4H3. The van der Waals surface area contributed by atoms with Crippen LogP contribution in [0.25, 0.3) is 11.0 Å². The van der Waals surface area contributed by atoms with E-state index in [1.807, 2.05) is 19.1 Å². The highest BCUT2D eigenvalue weighted by molar-refractivity contribution is 6.03. The molecule has 3 heterocycles. The molecule has 3 aliphatic rings. The zero-order valence-electron chi connectivity index (χ0n) is 25.7. The minimum absolute atomic E-state index is 0.127. The number of methoxy groups -OCH3 is 1. The summed E-state index contributed by atoms with van der Waals surface area (Å²) in [5.41, 5.74) is 13.0. The van der Waals surface area contributed by atoms with Gasteiger partial charge in [0.05, 0.1) is 24.2 Å². The summed E-state index contributed by atoms with van der Waals surface area (Å²) in [5.74, 6) is 2.92. The van der Waals surface area contributed by atoms with Crippen LogP contribution in [0.5, 0.6) is 5.75 Å². The molecule has 224 valence electrons. The molecule has 0 radical (unpaired) electrons. The third kappa shape index (κ3) is 6.04. The molecule has 2 aromatic heterocycles. The fourth-order valence-corrected chi connectivity index (χ4v) is 6.93. The molecular formula is C35H46N4O3. The molecule has 3 atom stereocenters. The number of nitrogens with two attached hydrogens (primary N) is 1. The molecule has 1 aromatic carbocycles. The van der Waals surface area contributed by atoms with Gasteiger partial charge in [0.1, 0.15) is 11.4 Å². The Kier molecular flexibility index (Phi) is 8.51. The van der Waals surface area contributed by atoms with Crippen molar-refractivity contribution in [3.63, 3.8) is 0 Å². The fraction of sp³-hybridized carbons (Fsp3) is 0.571. The first-order chi connectivity index (χ1) is 20.3. The van der Waals surface area contributed by atoms with Gasteiger partial charge in [-0.25, -0.2) is 4.98 Å². The van der Waals surface area contributed by atoms with Gasteiger partial charge < -0.3 is 19.8 Å². The van der Waals surface area contributed by atoms with E-state index in [2.05, 4.69) is 36.6 Å². The van der Waals surface area contributed by atoms with E-state index < -0.39 is 0 Å². The first-order valence-electron chi connectivity index (χ1n) is 15.9. The van der Waals surface area contributed by atoms with Crippen LogP contribution in [0.15, 0.2) is 35.3 Å². The van der Waals surface area contributed by atoms with Gasteiger partial charge in [0.15, 0.2) is 5.78 Å². The number of benzene rings is 1. The Morgan fingerprint density at radius 3 is 2.60 bits per heavy atom. The van der Waals surface area contributed by atoms with E-state index in [1.54, 1.807) is 7.11 Å². The summed E-state index contributed by atoms with van der Waals surface area (Å²) in [7, 11) is 1.66. The number of nitrogens with zero attached hydrogens (tertiary/aromatic N) is 3. The van der Waals surface area contributed by atoms with Crippen LogP contribution in [-0.2, 0) is 11.3 Å². The van der Waals surface area contributed by atoms with Gasteiger partial charge in [0, 0.05) is 60.3 Å². The lowest BCUT2D eigenvalue weighted by Crippen LogP contribution is -2.30. The third-order valence-corrected chi connectivity index (χ3v) is 10.0. The molecule has 0 bridgehead atoms. The maximum atomic E-state index is 13.4. The topological polar surface area (TPSA) is 91.7 Å². The summed E-state index contributed by atoms with van der Waals surface area (Å²) in [6.45, 7) is 8.87. The second kappa shape index (κ2) is 12.3. The predicted molar refractivity (Wildman–Crippen MR) is 168 cm³/mol. The summed E-state index contributed by atoms with van der Waals surface area (Å²) < 4.78 is 13.7. The lowest BCUT2D eigenvalue weighted by molar-refractivity contribution is 0.0845. The Balaban J connectivity index is 1.31. The van der Waals surface area contributed by atoms with E-state index in [-0.39, 0.29) is 11.8 Å². The molecule has 7 heteroatoms. The second-order valence-electron chi connectivity index (χ2n) is 13.0. The first kappa shape index (κ1) is 29.1. The number of rotatable bonds is 10. The summed E-state index contributed by atoms with van der Waals surface area (Å²) in [6, 6.07) is 10.6. The Labute approximate surface area is 249 Å². The normalized spacial score (nSPS) is 23.5. The molecule has 3 aromatic rings. The van der Waals surface area contributed by atoms with Crippen LogP contribution in [0.2, 0.25) is 0 Å². The van der Waals surface area contributed by atoms with Gasteiger partial charge in [-0.05, 0) is 107 Å². The van der Waals surface area contributed by atoms with E-state index in [1.165, 1.54) is 18.5 Å². The fourth-order valence-electron chi connectivity index (χ4n) is 6.93. The number of aliphatic imine (C=N–C) groups is 1. The highest BCUT2D eigenvalue weighted by Gasteiger charge is 2.31. The van der Waals surface area contributed by atoms with Crippen molar-refractivity contribution in [1.29, 1.82) is 0 Å². The lowest BCUT2D eigenvalue weighted by Gasteiger charge is -2.21. The number of Topliss-reactive ketones (excluding diaryl/α,β-unsaturated/α-hetero) is 1. The first-order valence-corrected chi connectivity index (χ1v) is 15.9. The predicted octanol–water partition coefficient (Wildman–Crippen LogP) is 7.13. The molecule has 0 spiro atoms. The number of ketones is 1. The van der Waals surface area contributed by atoms with Crippen LogP contribution in [-0.4, -0.2) is 47.4 Å². The quantitative estimate of drug-likeness (QED) is 0.207. The molecule has 0 amide bonds. The molecule has 1 saturated heterocycles. The SMILES string of the molecule is COc1cc(C(=O)CCC2CCC(C)C2N)cc(N=C(C)c2cc3ccc(C4CCOCC4)nc3n2CC2CC2)c1C. The lowest BCUT2D eigenvalue weighted by atomic mass is 9.92. The molecule has 3 fully saturated rings. The number of pyridine rings is 1. The van der Waals surface area contributed by atoms with Crippen LogP contribution in [0.1, 0.15) is 98.4 Å². The van der Waals surface area contributed by atoms with Crippen LogP contribution in [0.4, 0.5) is 5.69 Å². The van der Waals surface area contributed by atoms with Crippen LogP contribution < -0.4 is 10.5 Å². The average Bonchev–Trinajstić information content (AvgIpc) is 3.68. The third-order valence-electron chi connectivity index (χ3n) is 10.0. The number of hydrogen-bond acceptors (Lipinski definition) is 6. The Hall–Kier alpha value is -3.03. The average molecular weight is 571 g/mol. The molecule has 2 aliphatic carbocycles. The van der Waals surface area contributed by atoms with E-state index >= 15 is 0 Å². The number of fused-ring (bicyclic) bond motifs is 1. The smallest absolute Gasteiger partial charge is 0.163 e. The van der Waals surface area contributed by atoms with E-state index in [0.717, 1.165) is 85.6 Å². The van der Waals surface area contributed by atoms with Crippen molar-refractivity contribution in [1.82, 2.24) is 9.55 Å². The van der Waals surface area contributed by atoms with Crippen LogP contribution >= 0.6 is 0 Å². The van der Waals surface area contributed by atoms with Crippen molar-refractivity contribution < 1.29 is 14.3 Å². The van der Waals surface area contributed by atoms with Crippen molar-refractivity contribution in [3.05, 3.63) is 52.8 Å². The zero-order valence-corrected chi connectivity index (χ0v) is 25.7. The largest absolute Gasteiger partial charge is 0.496 e. The van der Waals surface area contributed by atoms with Gasteiger partial charge in [-0.3, -0.25) is 9.79 Å². The van der Waals surface area contributed by atoms with Crippen molar-refractivity contribution in [2.75, 3.05) is 20.3 Å².